The van der Waals surface area contributed by atoms with Crippen LogP contribution in [0.5, 0.6) is 0 Å². The van der Waals surface area contributed by atoms with Crippen LogP contribution in [-0.2, 0) is 4.79 Å². The average molecular weight is 254 g/mol. The minimum Gasteiger partial charge on any atom is -0.246 e. The molecule has 1 aliphatic heterocycles. The number of anilines is 1. The van der Waals surface area contributed by atoms with Gasteiger partial charge in [-0.05, 0) is 31.1 Å². The van der Waals surface area contributed by atoms with Crippen LogP contribution in [0.1, 0.15) is 37.9 Å². The van der Waals surface area contributed by atoms with E-state index in [-0.39, 0.29) is 11.8 Å². The molecule has 0 fully saturated rings. The first kappa shape index (κ1) is 12.2. The van der Waals surface area contributed by atoms with Crippen LogP contribution in [0.3, 0.4) is 0 Å². The van der Waals surface area contributed by atoms with Gasteiger partial charge in [-0.15, -0.1) is 0 Å². The molecular weight excluding hydrogens is 238 g/mol. The molecule has 2 rings (SSSR count). The van der Waals surface area contributed by atoms with E-state index in [2.05, 4.69) is 12.0 Å². The van der Waals surface area contributed by atoms with E-state index in [4.69, 9.17) is 0 Å². The van der Waals surface area contributed by atoms with Gasteiger partial charge >= 0.3 is 16.9 Å². The fraction of sp³-hybridized carbons (Fsp3) is 0.636. The maximum Gasteiger partial charge on any atom is 0.373 e. The third-order valence-corrected chi connectivity index (χ3v) is 3.74. The van der Waals surface area contributed by atoms with Crippen molar-refractivity contribution in [1.82, 2.24) is 5.10 Å². The summed E-state index contributed by atoms with van der Waals surface area (Å²) in [6.07, 6.45) is 3.16. The average Bonchev–Trinajstić information content (AvgIpc) is 2.80. The molecule has 17 heavy (non-hydrogen) atoms. The Labute approximate surface area is 104 Å². The molecule has 2 heterocycles. The second-order valence-corrected chi connectivity index (χ2v) is 5.00. The molecule has 0 radical (unpaired) electrons. The lowest BCUT2D eigenvalue weighted by Crippen LogP contribution is -2.60. The topological polar surface area (TPSA) is 54.2 Å². The zero-order valence-electron chi connectivity index (χ0n) is 10.0. The Kier molecular flexibility index (Phi) is 3.51. The molecule has 0 saturated carbocycles. The predicted molar refractivity (Wildman–Crippen MR) is 64.0 cm³/mol. The quantitative estimate of drug-likeness (QED) is 0.461. The third kappa shape index (κ3) is 2.09. The molecule has 1 unspecified atom stereocenters. The summed E-state index contributed by atoms with van der Waals surface area (Å²) < 4.78 is 1.35. The summed E-state index contributed by atoms with van der Waals surface area (Å²) in [6, 6.07) is 0. The molecule has 1 aromatic heterocycles. The summed E-state index contributed by atoms with van der Waals surface area (Å²) in [4.78, 5) is 25.6. The van der Waals surface area contributed by atoms with Crippen LogP contribution < -0.4 is 9.58 Å². The summed E-state index contributed by atoms with van der Waals surface area (Å²) in [6.45, 7) is 4.44. The Bertz CT molecular complexity index is 444. The molecule has 1 atom stereocenters. The molecule has 5 nitrogen and oxygen atoms in total. The molecule has 0 spiro atoms. The standard InChI is InChI=1S/C11H16N3O2S/c1-3-4-5-6-13-9(15)8(2)10(16)14-11(13)17-7-12-14/h7-8H,3-6H2,1-2H3/q+1. The highest BCUT2D eigenvalue weighted by atomic mass is 32.1. The Morgan fingerprint density at radius 1 is 1.47 bits per heavy atom. The Morgan fingerprint density at radius 3 is 2.94 bits per heavy atom. The lowest BCUT2D eigenvalue weighted by atomic mass is 10.1. The molecule has 0 aromatic carbocycles. The molecule has 1 amide bonds. The zero-order valence-corrected chi connectivity index (χ0v) is 10.9. The Hall–Kier alpha value is -1.30. The van der Waals surface area contributed by atoms with Crippen molar-refractivity contribution in [2.24, 2.45) is 5.92 Å². The number of rotatable bonds is 4. The van der Waals surface area contributed by atoms with Crippen molar-refractivity contribution < 1.29 is 14.3 Å². The van der Waals surface area contributed by atoms with Gasteiger partial charge in [0.15, 0.2) is 5.92 Å². The minimum absolute atomic E-state index is 0.102. The molecule has 1 aliphatic rings. The van der Waals surface area contributed by atoms with Gasteiger partial charge in [-0.3, -0.25) is 0 Å². The van der Waals surface area contributed by atoms with Crippen LogP contribution in [0.2, 0.25) is 0 Å². The molecular formula is C11H16N3O2S+. The summed E-state index contributed by atoms with van der Waals surface area (Å²) in [7, 11) is 0. The second kappa shape index (κ2) is 4.91. The van der Waals surface area contributed by atoms with E-state index in [9.17, 15) is 9.59 Å². The van der Waals surface area contributed by atoms with Gasteiger partial charge in [0.25, 0.3) is 0 Å². The SMILES string of the molecule is CCCCCN1C(=O)C(C)C(=O)[n+]2ncsc21. The number of amides is 1. The Morgan fingerprint density at radius 2 is 2.24 bits per heavy atom. The van der Waals surface area contributed by atoms with Gasteiger partial charge in [-0.2, -0.15) is 4.90 Å². The summed E-state index contributed by atoms with van der Waals surface area (Å²) in [5.41, 5.74) is 1.60. The van der Waals surface area contributed by atoms with Crippen LogP contribution in [-0.4, -0.2) is 23.5 Å². The van der Waals surface area contributed by atoms with Crippen molar-refractivity contribution in [1.29, 1.82) is 0 Å². The molecule has 92 valence electrons. The lowest BCUT2D eigenvalue weighted by Gasteiger charge is -2.20. The van der Waals surface area contributed by atoms with Crippen LogP contribution in [0.25, 0.3) is 0 Å². The smallest absolute Gasteiger partial charge is 0.246 e. The van der Waals surface area contributed by atoms with Gasteiger partial charge in [-0.1, -0.05) is 23.1 Å². The van der Waals surface area contributed by atoms with Gasteiger partial charge < -0.3 is 0 Å². The molecule has 0 saturated heterocycles. The summed E-state index contributed by atoms with van der Waals surface area (Å²) >= 11 is 1.34. The van der Waals surface area contributed by atoms with Crippen molar-refractivity contribution in [3.63, 3.8) is 0 Å². The van der Waals surface area contributed by atoms with Gasteiger partial charge in [0.1, 0.15) is 5.51 Å². The van der Waals surface area contributed by atoms with Crippen LogP contribution in [0.4, 0.5) is 5.13 Å². The summed E-state index contributed by atoms with van der Waals surface area (Å²) in [5, 5.41) is 4.64. The number of fused-ring (bicyclic) bond motifs is 1. The number of hydrogen-bond donors (Lipinski definition) is 0. The van der Waals surface area contributed by atoms with E-state index in [1.807, 2.05) is 0 Å². The van der Waals surface area contributed by atoms with Gasteiger partial charge in [0, 0.05) is 0 Å². The lowest BCUT2D eigenvalue weighted by molar-refractivity contribution is -0.623. The van der Waals surface area contributed by atoms with Crippen molar-refractivity contribution >= 4 is 28.3 Å². The monoisotopic (exact) mass is 254 g/mol. The van der Waals surface area contributed by atoms with Crippen LogP contribution >= 0.6 is 11.3 Å². The van der Waals surface area contributed by atoms with Crippen molar-refractivity contribution in [2.45, 2.75) is 33.1 Å². The number of aromatic nitrogens is 2. The fourth-order valence-corrected chi connectivity index (χ4v) is 2.67. The number of nitrogens with zero attached hydrogens (tertiary/aromatic N) is 3. The fourth-order valence-electron chi connectivity index (χ4n) is 1.89. The van der Waals surface area contributed by atoms with Gasteiger partial charge in [0.2, 0.25) is 0 Å². The molecule has 0 aliphatic carbocycles. The maximum absolute atomic E-state index is 12.1. The first-order valence-corrected chi connectivity index (χ1v) is 6.76. The third-order valence-electron chi connectivity index (χ3n) is 2.93. The van der Waals surface area contributed by atoms with Crippen molar-refractivity contribution in [2.75, 3.05) is 11.4 Å². The van der Waals surface area contributed by atoms with E-state index in [1.54, 1.807) is 17.3 Å². The normalized spacial score (nSPS) is 19.6. The predicted octanol–water partition coefficient (Wildman–Crippen LogP) is 1.24. The van der Waals surface area contributed by atoms with E-state index >= 15 is 0 Å². The highest BCUT2D eigenvalue weighted by Crippen LogP contribution is 2.22. The van der Waals surface area contributed by atoms with Crippen LogP contribution in [0, 0.1) is 5.92 Å². The number of carbonyl (C=O) groups is 2. The van der Waals surface area contributed by atoms with E-state index in [0.717, 1.165) is 19.3 Å². The largest absolute Gasteiger partial charge is 0.373 e. The highest BCUT2D eigenvalue weighted by Gasteiger charge is 2.46. The van der Waals surface area contributed by atoms with Crippen molar-refractivity contribution in [3.05, 3.63) is 5.51 Å². The zero-order chi connectivity index (χ0) is 12.4. The maximum atomic E-state index is 12.1. The highest BCUT2D eigenvalue weighted by molar-refractivity contribution is 7.13. The minimum atomic E-state index is -0.615. The van der Waals surface area contributed by atoms with Crippen molar-refractivity contribution in [3.8, 4) is 0 Å². The van der Waals surface area contributed by atoms with Gasteiger partial charge in [-0.25, -0.2) is 9.59 Å². The first-order valence-electron chi connectivity index (χ1n) is 5.88. The molecule has 0 bridgehead atoms. The first-order chi connectivity index (χ1) is 8.16. The number of carbonyl (C=O) groups excluding carboxylic acids is 2. The molecule has 6 heteroatoms. The number of hydrogen-bond acceptors (Lipinski definition) is 4. The molecule has 0 N–H and O–H groups in total. The summed E-state index contributed by atoms with van der Waals surface area (Å²) in [5.74, 6) is -0.940. The second-order valence-electron chi connectivity index (χ2n) is 4.19. The van der Waals surface area contributed by atoms with Gasteiger partial charge in [0.05, 0.1) is 6.54 Å². The number of unbranched alkanes of at least 4 members (excludes halogenated alkanes) is 2. The van der Waals surface area contributed by atoms with E-state index < -0.39 is 5.92 Å². The van der Waals surface area contributed by atoms with E-state index in [1.165, 1.54) is 16.0 Å². The molecule has 1 aromatic rings. The Balaban J connectivity index is 2.23. The van der Waals surface area contributed by atoms with Crippen LogP contribution in [0.15, 0.2) is 5.51 Å². The van der Waals surface area contributed by atoms with E-state index in [0.29, 0.717) is 11.7 Å².